The summed E-state index contributed by atoms with van der Waals surface area (Å²) in [6.45, 7) is 2.70. The third kappa shape index (κ3) is 5.31. The number of methoxy groups -OCH3 is 1. The average Bonchev–Trinajstić information content (AvgIpc) is 3.01. The lowest BCUT2D eigenvalue weighted by Gasteiger charge is -2.05. The second-order valence-corrected chi connectivity index (χ2v) is 9.56. The topological polar surface area (TPSA) is 87.0 Å². The zero-order chi connectivity index (χ0) is 21.0. The minimum atomic E-state index is -3.33. The first-order valence-corrected chi connectivity index (χ1v) is 11.6. The van der Waals surface area contributed by atoms with Crippen molar-refractivity contribution in [1.82, 2.24) is 4.57 Å². The van der Waals surface area contributed by atoms with Crippen LogP contribution >= 0.6 is 11.3 Å². The Morgan fingerprint density at radius 2 is 1.90 bits per heavy atom. The minimum absolute atomic E-state index is 0.184. The maximum Gasteiger partial charge on any atom is 0.286 e. The van der Waals surface area contributed by atoms with E-state index < -0.39 is 15.7 Å². The molecule has 1 aromatic heterocycles. The van der Waals surface area contributed by atoms with Gasteiger partial charge in [-0.1, -0.05) is 29.0 Å². The molecule has 0 aliphatic rings. The lowest BCUT2D eigenvalue weighted by molar-refractivity contribution is -0.120. The smallest absolute Gasteiger partial charge is 0.286 e. The van der Waals surface area contributed by atoms with Crippen molar-refractivity contribution in [2.24, 2.45) is 4.99 Å². The van der Waals surface area contributed by atoms with Gasteiger partial charge in [-0.3, -0.25) is 4.79 Å². The van der Waals surface area contributed by atoms with Crippen LogP contribution < -0.4 is 9.54 Å². The number of ether oxygens (including phenoxy) is 2. The van der Waals surface area contributed by atoms with Crippen LogP contribution in [0, 0.1) is 6.92 Å². The first-order chi connectivity index (χ1) is 13.8. The Hall–Kier alpha value is -2.49. The lowest BCUT2D eigenvalue weighted by atomic mass is 10.2. The van der Waals surface area contributed by atoms with Gasteiger partial charge in [0.2, 0.25) is 0 Å². The molecule has 0 saturated heterocycles. The van der Waals surface area contributed by atoms with Gasteiger partial charge in [-0.05, 0) is 37.3 Å². The van der Waals surface area contributed by atoms with Gasteiger partial charge in [-0.15, -0.1) is 0 Å². The highest BCUT2D eigenvalue weighted by atomic mass is 32.2. The number of hydrogen-bond acceptors (Lipinski definition) is 6. The first kappa shape index (κ1) is 21.2. The number of carbonyl (C=O) groups is 1. The van der Waals surface area contributed by atoms with E-state index in [0.29, 0.717) is 23.7 Å². The van der Waals surface area contributed by atoms with E-state index in [0.717, 1.165) is 22.0 Å². The van der Waals surface area contributed by atoms with E-state index in [1.807, 2.05) is 23.6 Å². The molecule has 2 aromatic carbocycles. The Bertz CT molecular complexity index is 1190. The fourth-order valence-corrected chi connectivity index (χ4v) is 4.52. The Balaban J connectivity index is 1.92. The number of hydrogen-bond donors (Lipinski definition) is 0. The molecule has 0 N–H and O–H groups in total. The van der Waals surface area contributed by atoms with Gasteiger partial charge in [0.05, 0.1) is 21.7 Å². The Kier molecular flexibility index (Phi) is 6.51. The SMILES string of the molecule is COCCn1c(=NC(=O)COc2ccc(C)cc2)sc2cc(S(C)(=O)=O)ccc21. The van der Waals surface area contributed by atoms with Crippen LogP contribution in [0.25, 0.3) is 10.2 Å². The zero-order valence-corrected chi connectivity index (χ0v) is 18.0. The molecule has 7 nitrogen and oxygen atoms in total. The van der Waals surface area contributed by atoms with Gasteiger partial charge < -0.3 is 14.0 Å². The molecule has 0 aliphatic carbocycles. The molecule has 29 heavy (non-hydrogen) atoms. The number of nitrogens with zero attached hydrogens (tertiary/aromatic N) is 2. The Labute approximate surface area is 173 Å². The van der Waals surface area contributed by atoms with Gasteiger partial charge in [0.1, 0.15) is 5.75 Å². The molecule has 1 heterocycles. The molecule has 1 amide bonds. The molecule has 0 spiro atoms. The van der Waals surface area contributed by atoms with Crippen LogP contribution in [0.3, 0.4) is 0 Å². The monoisotopic (exact) mass is 434 g/mol. The van der Waals surface area contributed by atoms with Crippen LogP contribution in [0.2, 0.25) is 0 Å². The molecule has 0 unspecified atom stereocenters. The van der Waals surface area contributed by atoms with Crippen molar-refractivity contribution in [2.75, 3.05) is 26.6 Å². The number of carbonyl (C=O) groups excluding carboxylic acids is 1. The van der Waals surface area contributed by atoms with Crippen molar-refractivity contribution in [3.05, 3.63) is 52.8 Å². The van der Waals surface area contributed by atoms with E-state index >= 15 is 0 Å². The average molecular weight is 435 g/mol. The summed E-state index contributed by atoms with van der Waals surface area (Å²) < 4.78 is 36.9. The summed E-state index contributed by atoms with van der Waals surface area (Å²) in [6.07, 6.45) is 1.16. The number of aromatic nitrogens is 1. The molecule has 154 valence electrons. The van der Waals surface area contributed by atoms with Crippen LogP contribution in [0.15, 0.2) is 52.4 Å². The maximum atomic E-state index is 12.4. The molecule has 0 aliphatic heterocycles. The van der Waals surface area contributed by atoms with Gasteiger partial charge in [-0.2, -0.15) is 4.99 Å². The third-order valence-electron chi connectivity index (χ3n) is 4.21. The van der Waals surface area contributed by atoms with E-state index in [9.17, 15) is 13.2 Å². The molecular formula is C20H22N2O5S2. The molecule has 3 rings (SSSR count). The van der Waals surface area contributed by atoms with Crippen LogP contribution in [-0.2, 0) is 25.9 Å². The molecule has 9 heteroatoms. The standard InChI is InChI=1S/C20H22N2O5S2/c1-14-4-6-15(7-5-14)27-13-19(23)21-20-22(10-11-26-2)17-9-8-16(29(3,24)25)12-18(17)28-20/h4-9,12H,10-11,13H2,1-3H3. The van der Waals surface area contributed by atoms with Crippen molar-refractivity contribution in [1.29, 1.82) is 0 Å². The second kappa shape index (κ2) is 8.89. The predicted octanol–water partition coefficient (Wildman–Crippen LogP) is 2.57. The fourth-order valence-electron chi connectivity index (χ4n) is 2.69. The summed E-state index contributed by atoms with van der Waals surface area (Å²) in [4.78, 5) is 17.2. The van der Waals surface area contributed by atoms with Crippen molar-refractivity contribution < 1.29 is 22.7 Å². The number of fused-ring (bicyclic) bond motifs is 1. The third-order valence-corrected chi connectivity index (χ3v) is 6.36. The summed E-state index contributed by atoms with van der Waals surface area (Å²) >= 11 is 1.26. The Morgan fingerprint density at radius 1 is 1.17 bits per heavy atom. The normalized spacial score (nSPS) is 12.4. The summed E-state index contributed by atoms with van der Waals surface area (Å²) in [6, 6.07) is 12.3. The summed E-state index contributed by atoms with van der Waals surface area (Å²) in [5, 5.41) is 0. The first-order valence-electron chi connectivity index (χ1n) is 8.87. The van der Waals surface area contributed by atoms with Gasteiger partial charge in [-0.25, -0.2) is 8.42 Å². The van der Waals surface area contributed by atoms with E-state index in [1.54, 1.807) is 37.4 Å². The fraction of sp³-hybridized carbons (Fsp3) is 0.300. The van der Waals surface area contributed by atoms with E-state index in [4.69, 9.17) is 9.47 Å². The van der Waals surface area contributed by atoms with Crippen molar-refractivity contribution >= 4 is 37.3 Å². The van der Waals surface area contributed by atoms with Gasteiger partial charge in [0, 0.05) is 19.9 Å². The minimum Gasteiger partial charge on any atom is -0.484 e. The molecule has 0 fully saturated rings. The number of aryl methyl sites for hydroxylation is 1. The number of amides is 1. The summed E-state index contributed by atoms with van der Waals surface area (Å²) in [5.74, 6) is 0.173. The highest BCUT2D eigenvalue weighted by Gasteiger charge is 2.13. The molecular weight excluding hydrogens is 412 g/mol. The van der Waals surface area contributed by atoms with Crippen molar-refractivity contribution in [3.63, 3.8) is 0 Å². The van der Waals surface area contributed by atoms with Crippen LogP contribution in [-0.4, -0.2) is 45.5 Å². The van der Waals surface area contributed by atoms with Crippen LogP contribution in [0.4, 0.5) is 0 Å². The number of sulfone groups is 1. The molecule has 0 saturated carbocycles. The number of benzene rings is 2. The molecule has 0 radical (unpaired) electrons. The van der Waals surface area contributed by atoms with E-state index in [-0.39, 0.29) is 11.5 Å². The summed E-state index contributed by atoms with van der Waals surface area (Å²) in [7, 11) is -1.73. The van der Waals surface area contributed by atoms with E-state index in [2.05, 4.69) is 4.99 Å². The second-order valence-electron chi connectivity index (χ2n) is 6.54. The largest absolute Gasteiger partial charge is 0.484 e. The van der Waals surface area contributed by atoms with Crippen molar-refractivity contribution in [2.45, 2.75) is 18.4 Å². The zero-order valence-electron chi connectivity index (χ0n) is 16.4. The highest BCUT2D eigenvalue weighted by molar-refractivity contribution is 7.90. The van der Waals surface area contributed by atoms with Gasteiger partial charge >= 0.3 is 0 Å². The van der Waals surface area contributed by atoms with Gasteiger partial charge in [0.15, 0.2) is 21.2 Å². The number of rotatable bonds is 7. The molecule has 3 aromatic rings. The highest BCUT2D eigenvalue weighted by Crippen LogP contribution is 2.22. The van der Waals surface area contributed by atoms with Crippen LogP contribution in [0.1, 0.15) is 5.56 Å². The summed E-state index contributed by atoms with van der Waals surface area (Å²) in [5.41, 5.74) is 1.90. The predicted molar refractivity (Wildman–Crippen MR) is 112 cm³/mol. The van der Waals surface area contributed by atoms with Gasteiger partial charge in [0.25, 0.3) is 5.91 Å². The van der Waals surface area contributed by atoms with E-state index in [1.165, 1.54) is 11.3 Å². The Morgan fingerprint density at radius 3 is 2.55 bits per heavy atom. The number of thiazole rings is 1. The molecule has 0 bridgehead atoms. The van der Waals surface area contributed by atoms with Crippen LogP contribution in [0.5, 0.6) is 5.75 Å². The maximum absolute atomic E-state index is 12.4. The lowest BCUT2D eigenvalue weighted by Crippen LogP contribution is -2.21. The van der Waals surface area contributed by atoms with Crippen molar-refractivity contribution in [3.8, 4) is 5.75 Å². The molecule has 0 atom stereocenters. The quantitative estimate of drug-likeness (QED) is 0.570.